The van der Waals surface area contributed by atoms with Crippen LogP contribution in [0.15, 0.2) is 4.99 Å². The van der Waals surface area contributed by atoms with Crippen molar-refractivity contribution in [3.63, 3.8) is 0 Å². The van der Waals surface area contributed by atoms with Crippen molar-refractivity contribution >= 4 is 22.8 Å². The summed E-state index contributed by atoms with van der Waals surface area (Å²) in [4.78, 5) is 18.8. The summed E-state index contributed by atoms with van der Waals surface area (Å²) in [5, 5.41) is 4.21. The maximum atomic E-state index is 12.2. The molecule has 0 aromatic heterocycles. The first kappa shape index (κ1) is 13.7. The Balaban J connectivity index is 1.83. The van der Waals surface area contributed by atoms with Crippen LogP contribution >= 0.6 is 11.8 Å². The number of likely N-dealkylation sites (tertiary alicyclic amines) is 1. The molecule has 2 aliphatic heterocycles. The van der Waals surface area contributed by atoms with Gasteiger partial charge in [0.25, 0.3) is 0 Å². The van der Waals surface area contributed by atoms with Crippen LogP contribution in [0.1, 0.15) is 39.5 Å². The third-order valence-electron chi connectivity index (χ3n) is 3.56. The van der Waals surface area contributed by atoms with E-state index in [1.165, 1.54) is 6.42 Å². The van der Waals surface area contributed by atoms with Crippen LogP contribution in [0.5, 0.6) is 0 Å². The summed E-state index contributed by atoms with van der Waals surface area (Å²) >= 11 is 1.74. The first-order valence-corrected chi connectivity index (χ1v) is 7.95. The van der Waals surface area contributed by atoms with Gasteiger partial charge in [-0.25, -0.2) is 0 Å². The zero-order chi connectivity index (χ0) is 13.0. The smallest absolute Gasteiger partial charge is 0.244 e. The maximum absolute atomic E-state index is 12.2. The summed E-state index contributed by atoms with van der Waals surface area (Å²) in [6.45, 7) is 5.93. The molecule has 0 saturated carbocycles. The third-order valence-corrected chi connectivity index (χ3v) is 4.61. The lowest BCUT2D eigenvalue weighted by Gasteiger charge is -2.29. The van der Waals surface area contributed by atoms with Crippen LogP contribution in [0.4, 0.5) is 0 Å². The molecule has 1 fully saturated rings. The van der Waals surface area contributed by atoms with Gasteiger partial charge in [0.2, 0.25) is 5.91 Å². The molecule has 1 saturated heterocycles. The minimum Gasteiger partial charge on any atom is -0.353 e. The van der Waals surface area contributed by atoms with Crippen LogP contribution in [0.3, 0.4) is 0 Å². The predicted octanol–water partition coefficient (Wildman–Crippen LogP) is 1.86. The summed E-state index contributed by atoms with van der Waals surface area (Å²) in [6, 6.07) is 0.278. The van der Waals surface area contributed by atoms with Gasteiger partial charge < -0.3 is 10.2 Å². The predicted molar refractivity (Wildman–Crippen MR) is 77.0 cm³/mol. The monoisotopic (exact) mass is 269 g/mol. The summed E-state index contributed by atoms with van der Waals surface area (Å²) < 4.78 is 0. The number of hydrogen-bond acceptors (Lipinski definition) is 4. The fourth-order valence-electron chi connectivity index (χ4n) is 2.34. The fourth-order valence-corrected chi connectivity index (χ4v) is 3.48. The van der Waals surface area contributed by atoms with Gasteiger partial charge in [-0.3, -0.25) is 9.79 Å². The van der Waals surface area contributed by atoms with Crippen LogP contribution < -0.4 is 5.32 Å². The van der Waals surface area contributed by atoms with Gasteiger partial charge in [-0.1, -0.05) is 18.7 Å². The fraction of sp³-hybridized carbons (Fsp3) is 0.846. The number of carbonyl (C=O) groups excluding carboxylic acids is 1. The molecule has 2 atom stereocenters. The van der Waals surface area contributed by atoms with Crippen molar-refractivity contribution in [2.24, 2.45) is 4.99 Å². The molecule has 102 valence electrons. The van der Waals surface area contributed by atoms with Gasteiger partial charge in [0, 0.05) is 18.8 Å². The van der Waals surface area contributed by atoms with E-state index < -0.39 is 0 Å². The molecule has 2 rings (SSSR count). The van der Waals surface area contributed by atoms with Gasteiger partial charge >= 0.3 is 0 Å². The molecular formula is C13H23N3OS. The quantitative estimate of drug-likeness (QED) is 0.850. The number of amides is 1. The van der Waals surface area contributed by atoms with Crippen molar-refractivity contribution in [1.82, 2.24) is 10.2 Å². The molecule has 18 heavy (non-hydrogen) atoms. The molecule has 0 bridgehead atoms. The number of amidine groups is 1. The maximum Gasteiger partial charge on any atom is 0.244 e. The highest BCUT2D eigenvalue weighted by molar-refractivity contribution is 8.14. The molecule has 0 aromatic rings. The highest BCUT2D eigenvalue weighted by atomic mass is 32.2. The van der Waals surface area contributed by atoms with Crippen molar-refractivity contribution < 1.29 is 4.79 Å². The number of piperidine rings is 1. The van der Waals surface area contributed by atoms with Crippen LogP contribution in [0.25, 0.3) is 0 Å². The van der Waals surface area contributed by atoms with Crippen LogP contribution in [0.2, 0.25) is 0 Å². The summed E-state index contributed by atoms with van der Waals surface area (Å²) in [6.07, 6.45) is 4.62. The Morgan fingerprint density at radius 1 is 1.50 bits per heavy atom. The topological polar surface area (TPSA) is 44.7 Å². The van der Waals surface area contributed by atoms with Crippen LogP contribution in [-0.2, 0) is 4.79 Å². The molecule has 5 heteroatoms. The normalized spacial score (nSPS) is 25.8. The second-order valence-electron chi connectivity index (χ2n) is 5.06. The number of hydrogen-bond donors (Lipinski definition) is 1. The zero-order valence-corrected chi connectivity index (χ0v) is 12.1. The number of nitrogens with zero attached hydrogens (tertiary/aromatic N) is 2. The van der Waals surface area contributed by atoms with Crippen LogP contribution in [0, 0.1) is 0 Å². The molecule has 2 unspecified atom stereocenters. The van der Waals surface area contributed by atoms with Crippen molar-refractivity contribution in [2.75, 3.05) is 18.8 Å². The second kappa shape index (κ2) is 6.45. The Hall–Kier alpha value is -0.710. The molecule has 0 aromatic carbocycles. The Morgan fingerprint density at radius 2 is 2.22 bits per heavy atom. The average Bonchev–Trinajstić information content (AvgIpc) is 2.86. The van der Waals surface area contributed by atoms with E-state index in [4.69, 9.17) is 0 Å². The molecule has 0 aliphatic carbocycles. The Kier molecular flexibility index (Phi) is 4.92. The molecular weight excluding hydrogens is 246 g/mol. The van der Waals surface area contributed by atoms with E-state index in [0.29, 0.717) is 6.04 Å². The van der Waals surface area contributed by atoms with E-state index in [-0.39, 0.29) is 11.9 Å². The largest absolute Gasteiger partial charge is 0.353 e. The van der Waals surface area contributed by atoms with E-state index >= 15 is 0 Å². The van der Waals surface area contributed by atoms with Gasteiger partial charge in [0.15, 0.2) is 5.17 Å². The Morgan fingerprint density at radius 3 is 2.83 bits per heavy atom. The second-order valence-corrected chi connectivity index (χ2v) is 6.07. The third kappa shape index (κ3) is 3.40. The molecule has 4 nitrogen and oxygen atoms in total. The number of nitrogens with one attached hydrogen (secondary N) is 1. The first-order chi connectivity index (χ1) is 8.70. The van der Waals surface area contributed by atoms with Crippen molar-refractivity contribution in [2.45, 2.75) is 51.6 Å². The molecule has 2 heterocycles. The lowest BCUT2D eigenvalue weighted by atomic mass is 10.1. The number of thioether (sulfide) groups is 1. The van der Waals surface area contributed by atoms with E-state index in [1.807, 2.05) is 11.8 Å². The van der Waals surface area contributed by atoms with Gasteiger partial charge in [0.1, 0.15) is 6.04 Å². The Bertz CT molecular complexity index is 326. The summed E-state index contributed by atoms with van der Waals surface area (Å²) in [5.74, 6) is 1.27. The molecule has 1 N–H and O–H groups in total. The van der Waals surface area contributed by atoms with E-state index in [0.717, 1.165) is 43.3 Å². The van der Waals surface area contributed by atoms with E-state index in [9.17, 15) is 4.79 Å². The van der Waals surface area contributed by atoms with E-state index in [1.54, 1.807) is 11.8 Å². The number of aliphatic imine (C=N–C) groups is 1. The minimum absolute atomic E-state index is 0.148. The highest BCUT2D eigenvalue weighted by Gasteiger charge is 2.24. The molecule has 2 aliphatic rings. The van der Waals surface area contributed by atoms with Crippen LogP contribution in [-0.4, -0.2) is 46.9 Å². The minimum atomic E-state index is -0.148. The van der Waals surface area contributed by atoms with Gasteiger partial charge in [-0.15, -0.1) is 0 Å². The lowest BCUT2D eigenvalue weighted by Crippen LogP contribution is -2.47. The summed E-state index contributed by atoms with van der Waals surface area (Å²) in [5.41, 5.74) is 0. The number of carbonyl (C=O) groups is 1. The van der Waals surface area contributed by atoms with Gasteiger partial charge in [-0.2, -0.15) is 0 Å². The van der Waals surface area contributed by atoms with Crippen molar-refractivity contribution in [1.29, 1.82) is 0 Å². The standard InChI is InChI=1S/C13H23N3OS/c1-3-11-9-18-13(15-11)14-10(2)12(17)16-7-5-4-6-8-16/h10-11H,3-9H2,1-2H3,(H,14,15). The summed E-state index contributed by atoms with van der Waals surface area (Å²) in [7, 11) is 0. The molecule has 0 spiro atoms. The lowest BCUT2D eigenvalue weighted by molar-refractivity contribution is -0.133. The van der Waals surface area contributed by atoms with Gasteiger partial charge in [-0.05, 0) is 32.6 Å². The van der Waals surface area contributed by atoms with Gasteiger partial charge in [0.05, 0.1) is 6.04 Å². The Labute approximate surface area is 114 Å². The SMILES string of the molecule is CCC1CSC(NC(C)C(=O)N2CCCCC2)=N1. The molecule has 0 radical (unpaired) electrons. The zero-order valence-electron chi connectivity index (χ0n) is 11.3. The first-order valence-electron chi connectivity index (χ1n) is 6.96. The highest BCUT2D eigenvalue weighted by Crippen LogP contribution is 2.19. The number of rotatable bonds is 3. The average molecular weight is 269 g/mol. The van der Waals surface area contributed by atoms with Crippen molar-refractivity contribution in [3.8, 4) is 0 Å². The van der Waals surface area contributed by atoms with E-state index in [2.05, 4.69) is 17.2 Å². The van der Waals surface area contributed by atoms with Crippen molar-refractivity contribution in [3.05, 3.63) is 0 Å². The molecule has 1 amide bonds.